The fraction of sp³-hybridized carbons (Fsp3) is 0.526. The van der Waals surface area contributed by atoms with Crippen molar-refractivity contribution >= 4 is 37.6 Å². The molecular weight excluding hydrogens is 332 g/mol. The monoisotopic (exact) mass is 356 g/mol. The molecule has 0 bridgehead atoms. The molecule has 0 radical (unpaired) electrons. The van der Waals surface area contributed by atoms with Gasteiger partial charge >= 0.3 is 0 Å². The van der Waals surface area contributed by atoms with E-state index in [1.165, 1.54) is 35.0 Å². The van der Waals surface area contributed by atoms with E-state index in [1.54, 1.807) is 17.7 Å². The molecule has 6 heteroatoms. The number of hydrogen-bond donors (Lipinski definition) is 2. The van der Waals surface area contributed by atoms with Crippen LogP contribution in [-0.4, -0.2) is 33.2 Å². The normalized spacial score (nSPS) is 14.4. The number of aliphatic hydroxyl groups excluding tert-OH is 1. The largest absolute Gasteiger partial charge is 0.396 e. The zero-order valence-electron chi connectivity index (χ0n) is 14.8. The zero-order chi connectivity index (χ0) is 17.4. The van der Waals surface area contributed by atoms with Crippen molar-refractivity contribution in [3.05, 3.63) is 23.1 Å². The molecule has 0 unspecified atom stereocenters. The lowest BCUT2D eigenvalue weighted by Gasteiger charge is -2.21. The average Bonchev–Trinajstić information content (AvgIpc) is 3.01. The highest BCUT2D eigenvalue weighted by Gasteiger charge is 2.24. The summed E-state index contributed by atoms with van der Waals surface area (Å²) in [5, 5.41) is 13.6. The van der Waals surface area contributed by atoms with E-state index < -0.39 is 0 Å². The van der Waals surface area contributed by atoms with Crippen molar-refractivity contribution in [1.82, 2.24) is 15.0 Å². The smallest absolute Gasteiger partial charge is 0.147 e. The van der Waals surface area contributed by atoms with Crippen LogP contribution in [0.3, 0.4) is 0 Å². The number of nitrogens with one attached hydrogen (secondary N) is 1. The molecule has 1 aliphatic carbocycles. The first-order valence-electron chi connectivity index (χ1n) is 9.14. The van der Waals surface area contributed by atoms with E-state index in [0.29, 0.717) is 18.9 Å². The standard InChI is InChI=1S/C19H24N4OS/c1-11(2)15-13-7-4-3-6-12(13)14-16-17(25-19(14)23-15)18(22-10-21-16)20-8-5-9-24/h10-11,24H,3-9H2,1-2H3,(H,20,21,22). The molecule has 0 saturated carbocycles. The van der Waals surface area contributed by atoms with Crippen LogP contribution in [0.2, 0.25) is 0 Å². The van der Waals surface area contributed by atoms with Crippen molar-refractivity contribution in [2.45, 2.75) is 51.9 Å². The summed E-state index contributed by atoms with van der Waals surface area (Å²) in [5.74, 6) is 1.30. The number of aliphatic hydroxyl groups is 1. The van der Waals surface area contributed by atoms with E-state index in [9.17, 15) is 0 Å². The maximum atomic E-state index is 9.01. The molecule has 0 aromatic carbocycles. The molecule has 3 heterocycles. The Morgan fingerprint density at radius 3 is 2.76 bits per heavy atom. The molecule has 0 saturated heterocycles. The van der Waals surface area contributed by atoms with Crippen molar-refractivity contribution < 1.29 is 5.11 Å². The highest BCUT2D eigenvalue weighted by molar-refractivity contribution is 7.26. The highest BCUT2D eigenvalue weighted by atomic mass is 32.1. The molecular formula is C19H24N4OS. The molecule has 0 aliphatic heterocycles. The van der Waals surface area contributed by atoms with Crippen molar-refractivity contribution in [2.75, 3.05) is 18.5 Å². The summed E-state index contributed by atoms with van der Waals surface area (Å²) >= 11 is 1.69. The number of fused-ring (bicyclic) bond motifs is 5. The first kappa shape index (κ1) is 16.7. The summed E-state index contributed by atoms with van der Waals surface area (Å²) in [6.45, 7) is 5.36. The van der Waals surface area contributed by atoms with Gasteiger partial charge in [0.2, 0.25) is 0 Å². The third kappa shape index (κ3) is 2.87. The maximum Gasteiger partial charge on any atom is 0.147 e. The third-order valence-corrected chi connectivity index (χ3v) is 6.01. The minimum Gasteiger partial charge on any atom is -0.396 e. The van der Waals surface area contributed by atoms with E-state index in [2.05, 4.69) is 29.1 Å². The van der Waals surface area contributed by atoms with E-state index in [1.807, 2.05) is 0 Å². The second-order valence-corrected chi connectivity index (χ2v) is 8.00. The number of thiophene rings is 1. The average molecular weight is 356 g/mol. The number of aryl methyl sites for hydroxylation is 1. The molecule has 0 fully saturated rings. The van der Waals surface area contributed by atoms with Crippen LogP contribution >= 0.6 is 11.3 Å². The van der Waals surface area contributed by atoms with Gasteiger partial charge in [-0.05, 0) is 49.1 Å². The Kier molecular flexibility index (Phi) is 4.56. The fourth-order valence-electron chi connectivity index (χ4n) is 3.78. The van der Waals surface area contributed by atoms with Crippen molar-refractivity contribution in [2.24, 2.45) is 0 Å². The molecule has 5 nitrogen and oxygen atoms in total. The number of aromatic nitrogens is 3. The molecule has 2 N–H and O–H groups in total. The molecule has 0 amide bonds. The van der Waals surface area contributed by atoms with Gasteiger partial charge < -0.3 is 10.4 Å². The molecule has 25 heavy (non-hydrogen) atoms. The number of rotatable bonds is 5. The maximum absolute atomic E-state index is 9.01. The van der Waals surface area contributed by atoms with E-state index in [0.717, 1.165) is 33.7 Å². The molecule has 132 valence electrons. The van der Waals surface area contributed by atoms with Gasteiger partial charge in [-0.1, -0.05) is 13.8 Å². The third-order valence-electron chi connectivity index (χ3n) is 4.93. The quantitative estimate of drug-likeness (QED) is 0.675. The van der Waals surface area contributed by atoms with Gasteiger partial charge in [0.05, 0.1) is 10.2 Å². The predicted molar refractivity (Wildman–Crippen MR) is 104 cm³/mol. The molecule has 3 aromatic rings. The second kappa shape index (κ2) is 6.84. The Morgan fingerprint density at radius 1 is 1.20 bits per heavy atom. The van der Waals surface area contributed by atoms with Crippen molar-refractivity contribution in [3.8, 4) is 0 Å². The first-order chi connectivity index (χ1) is 12.2. The summed E-state index contributed by atoms with van der Waals surface area (Å²) in [5.41, 5.74) is 5.21. The SMILES string of the molecule is CC(C)c1nc2sc3c(NCCCO)ncnc3c2c2c1CCCC2. The number of pyridine rings is 1. The second-order valence-electron chi connectivity index (χ2n) is 7.00. The topological polar surface area (TPSA) is 70.9 Å². The van der Waals surface area contributed by atoms with Crippen LogP contribution in [0.25, 0.3) is 20.4 Å². The molecule has 0 spiro atoms. The van der Waals surface area contributed by atoms with Gasteiger partial charge in [-0.3, -0.25) is 0 Å². The Hall–Kier alpha value is -1.79. The summed E-state index contributed by atoms with van der Waals surface area (Å²) in [7, 11) is 0. The van der Waals surface area contributed by atoms with Crippen LogP contribution in [0.4, 0.5) is 5.82 Å². The molecule has 0 atom stereocenters. The van der Waals surface area contributed by atoms with Crippen LogP contribution in [0.1, 0.15) is 55.8 Å². The van der Waals surface area contributed by atoms with E-state index >= 15 is 0 Å². The zero-order valence-corrected chi connectivity index (χ0v) is 15.6. The van der Waals surface area contributed by atoms with Crippen LogP contribution in [-0.2, 0) is 12.8 Å². The van der Waals surface area contributed by atoms with Gasteiger partial charge in [0.25, 0.3) is 0 Å². The summed E-state index contributed by atoms with van der Waals surface area (Å²) in [4.78, 5) is 15.2. The van der Waals surface area contributed by atoms with Crippen LogP contribution < -0.4 is 5.32 Å². The van der Waals surface area contributed by atoms with Crippen LogP contribution in [0.15, 0.2) is 6.33 Å². The minimum atomic E-state index is 0.181. The number of anilines is 1. The lowest BCUT2D eigenvalue weighted by Crippen LogP contribution is -2.10. The summed E-state index contributed by atoms with van der Waals surface area (Å²) < 4.78 is 1.08. The summed E-state index contributed by atoms with van der Waals surface area (Å²) in [6.07, 6.45) is 7.11. The lowest BCUT2D eigenvalue weighted by atomic mass is 9.86. The van der Waals surface area contributed by atoms with Crippen LogP contribution in [0, 0.1) is 0 Å². The number of nitrogens with zero attached hydrogens (tertiary/aromatic N) is 3. The molecule has 4 rings (SSSR count). The van der Waals surface area contributed by atoms with Gasteiger partial charge in [0.15, 0.2) is 0 Å². The highest BCUT2D eigenvalue weighted by Crippen LogP contribution is 2.41. The van der Waals surface area contributed by atoms with Gasteiger partial charge in [-0.15, -0.1) is 11.3 Å². The first-order valence-corrected chi connectivity index (χ1v) is 9.96. The van der Waals surface area contributed by atoms with Gasteiger partial charge in [-0.2, -0.15) is 0 Å². The van der Waals surface area contributed by atoms with Gasteiger partial charge in [0, 0.05) is 24.2 Å². The fourth-order valence-corrected chi connectivity index (χ4v) is 4.91. The van der Waals surface area contributed by atoms with Gasteiger partial charge in [0.1, 0.15) is 17.0 Å². The Morgan fingerprint density at radius 2 is 2.00 bits per heavy atom. The molecule has 1 aliphatic rings. The van der Waals surface area contributed by atoms with Crippen LogP contribution in [0.5, 0.6) is 0 Å². The predicted octanol–water partition coefficient (Wildman–Crippen LogP) is 4.04. The number of hydrogen-bond acceptors (Lipinski definition) is 6. The Balaban J connectivity index is 1.94. The Labute approximate surface area is 151 Å². The lowest BCUT2D eigenvalue weighted by molar-refractivity contribution is 0.292. The van der Waals surface area contributed by atoms with E-state index in [-0.39, 0.29) is 6.61 Å². The molecule has 3 aromatic heterocycles. The van der Waals surface area contributed by atoms with E-state index in [4.69, 9.17) is 10.1 Å². The van der Waals surface area contributed by atoms with Gasteiger partial charge in [-0.25, -0.2) is 15.0 Å². The van der Waals surface area contributed by atoms with Crippen molar-refractivity contribution in [1.29, 1.82) is 0 Å². The minimum absolute atomic E-state index is 0.181. The van der Waals surface area contributed by atoms with Crippen molar-refractivity contribution in [3.63, 3.8) is 0 Å². The Bertz CT molecular complexity index is 919. The summed E-state index contributed by atoms with van der Waals surface area (Å²) in [6, 6.07) is 0.